The number of hydrogen-bond acceptors (Lipinski definition) is 5. The SMILES string of the molecule is COc1ccc(S(=O)(=O)Nc2ccccc2SC)cc1NC(=O)c1ccc(Cl)cc1Cl. The van der Waals surface area contributed by atoms with E-state index < -0.39 is 15.9 Å². The van der Waals surface area contributed by atoms with Crippen molar-refractivity contribution >= 4 is 62.3 Å². The first kappa shape index (κ1) is 23.3. The van der Waals surface area contributed by atoms with Crippen LogP contribution in [0.15, 0.2) is 70.5 Å². The average Bonchev–Trinajstić information content (AvgIpc) is 2.73. The number of hydrogen-bond donors (Lipinski definition) is 2. The Labute approximate surface area is 195 Å². The standard InChI is InChI=1S/C21H18Cl2N2O4S2/c1-29-19-10-8-14(31(27,28)25-17-5-3-4-6-20(17)30-2)12-18(19)24-21(26)15-9-7-13(22)11-16(15)23/h3-12,25H,1-2H3,(H,24,26). The molecule has 0 aliphatic rings. The normalized spacial score (nSPS) is 11.1. The molecule has 0 fully saturated rings. The number of benzene rings is 3. The first-order valence-corrected chi connectivity index (χ1v) is 12.3. The molecule has 0 bridgehead atoms. The van der Waals surface area contributed by atoms with Gasteiger partial charge in [0.25, 0.3) is 15.9 Å². The highest BCUT2D eigenvalue weighted by Gasteiger charge is 2.20. The quantitative estimate of drug-likeness (QED) is 0.405. The Morgan fingerprint density at radius 3 is 2.42 bits per heavy atom. The van der Waals surface area contributed by atoms with E-state index in [2.05, 4.69) is 10.0 Å². The van der Waals surface area contributed by atoms with Gasteiger partial charge in [-0.3, -0.25) is 9.52 Å². The lowest BCUT2D eigenvalue weighted by Gasteiger charge is -2.15. The second-order valence-corrected chi connectivity index (χ2v) is 9.62. The predicted octanol–water partition coefficient (Wildman–Crippen LogP) is 5.78. The van der Waals surface area contributed by atoms with E-state index in [1.54, 1.807) is 12.1 Å². The lowest BCUT2D eigenvalue weighted by molar-refractivity contribution is 0.102. The highest BCUT2D eigenvalue weighted by atomic mass is 35.5. The number of anilines is 2. The van der Waals surface area contributed by atoms with Gasteiger partial charge in [-0.1, -0.05) is 35.3 Å². The van der Waals surface area contributed by atoms with Crippen LogP contribution in [0.2, 0.25) is 10.0 Å². The van der Waals surface area contributed by atoms with Gasteiger partial charge in [0.1, 0.15) is 5.75 Å². The first-order valence-electron chi connectivity index (χ1n) is 8.85. The third kappa shape index (κ3) is 5.46. The third-order valence-electron chi connectivity index (χ3n) is 4.26. The maximum absolute atomic E-state index is 13.0. The molecular formula is C21H18Cl2N2O4S2. The van der Waals surface area contributed by atoms with E-state index in [1.165, 1.54) is 55.3 Å². The fourth-order valence-electron chi connectivity index (χ4n) is 2.75. The molecule has 10 heteroatoms. The number of halogens is 2. The molecule has 0 aliphatic heterocycles. The number of nitrogens with one attached hydrogen (secondary N) is 2. The summed E-state index contributed by atoms with van der Waals surface area (Å²) in [5.41, 5.74) is 0.831. The second-order valence-electron chi connectivity index (χ2n) is 6.25. The van der Waals surface area contributed by atoms with Crippen molar-refractivity contribution in [3.63, 3.8) is 0 Å². The molecule has 0 aliphatic carbocycles. The van der Waals surface area contributed by atoms with Crippen LogP contribution in [0.4, 0.5) is 11.4 Å². The van der Waals surface area contributed by atoms with Gasteiger partial charge in [0.15, 0.2) is 0 Å². The Morgan fingerprint density at radius 1 is 1.00 bits per heavy atom. The first-order chi connectivity index (χ1) is 14.7. The van der Waals surface area contributed by atoms with Gasteiger partial charge in [0, 0.05) is 9.92 Å². The van der Waals surface area contributed by atoms with Crippen LogP contribution in [-0.2, 0) is 10.0 Å². The van der Waals surface area contributed by atoms with Gasteiger partial charge in [-0.25, -0.2) is 8.42 Å². The Bertz CT molecular complexity index is 1230. The van der Waals surface area contributed by atoms with Crippen molar-refractivity contribution in [2.24, 2.45) is 0 Å². The zero-order chi connectivity index (χ0) is 22.6. The molecule has 0 saturated heterocycles. The molecule has 0 aromatic heterocycles. The number of carbonyl (C=O) groups excluding carboxylic acids is 1. The summed E-state index contributed by atoms with van der Waals surface area (Å²) in [6.45, 7) is 0. The molecule has 6 nitrogen and oxygen atoms in total. The van der Waals surface area contributed by atoms with Crippen LogP contribution in [0.1, 0.15) is 10.4 Å². The van der Waals surface area contributed by atoms with Crippen molar-refractivity contribution in [1.29, 1.82) is 0 Å². The second kappa shape index (κ2) is 9.82. The van der Waals surface area contributed by atoms with Crippen molar-refractivity contribution in [1.82, 2.24) is 0 Å². The third-order valence-corrected chi connectivity index (χ3v) is 6.96. The molecule has 31 heavy (non-hydrogen) atoms. The largest absolute Gasteiger partial charge is 0.495 e. The van der Waals surface area contributed by atoms with Gasteiger partial charge >= 0.3 is 0 Å². The minimum absolute atomic E-state index is 0.0401. The molecular weight excluding hydrogens is 479 g/mol. The number of rotatable bonds is 7. The summed E-state index contributed by atoms with van der Waals surface area (Å²) >= 11 is 13.4. The summed E-state index contributed by atoms with van der Waals surface area (Å²) in [5, 5.41) is 3.21. The van der Waals surface area contributed by atoms with Crippen LogP contribution in [0.25, 0.3) is 0 Å². The molecule has 0 radical (unpaired) electrons. The van der Waals surface area contributed by atoms with E-state index in [1.807, 2.05) is 18.4 Å². The van der Waals surface area contributed by atoms with Gasteiger partial charge in [0.05, 0.1) is 34.0 Å². The van der Waals surface area contributed by atoms with Gasteiger partial charge < -0.3 is 10.1 Å². The molecule has 0 atom stereocenters. The van der Waals surface area contributed by atoms with Crippen molar-refractivity contribution < 1.29 is 17.9 Å². The van der Waals surface area contributed by atoms with Crippen LogP contribution in [-0.4, -0.2) is 27.7 Å². The molecule has 3 aromatic carbocycles. The van der Waals surface area contributed by atoms with E-state index in [9.17, 15) is 13.2 Å². The summed E-state index contributed by atoms with van der Waals surface area (Å²) in [4.78, 5) is 13.4. The Morgan fingerprint density at radius 2 is 1.74 bits per heavy atom. The summed E-state index contributed by atoms with van der Waals surface area (Å²) in [7, 11) is -2.50. The van der Waals surface area contributed by atoms with Crippen LogP contribution in [0.5, 0.6) is 5.75 Å². The van der Waals surface area contributed by atoms with Gasteiger partial charge in [-0.2, -0.15) is 0 Å². The number of carbonyl (C=O) groups is 1. The zero-order valence-corrected chi connectivity index (χ0v) is 19.6. The smallest absolute Gasteiger partial charge is 0.262 e. The molecule has 3 aromatic rings. The van der Waals surface area contributed by atoms with Crippen LogP contribution in [0.3, 0.4) is 0 Å². The molecule has 0 heterocycles. The maximum atomic E-state index is 13.0. The molecule has 3 rings (SSSR count). The molecule has 0 unspecified atom stereocenters. The number of ether oxygens (including phenoxy) is 1. The van der Waals surface area contributed by atoms with E-state index >= 15 is 0 Å². The highest BCUT2D eigenvalue weighted by Crippen LogP contribution is 2.31. The number of thioether (sulfide) groups is 1. The number of amides is 1. The lowest BCUT2D eigenvalue weighted by atomic mass is 10.2. The van der Waals surface area contributed by atoms with Crippen LogP contribution in [0, 0.1) is 0 Å². The van der Waals surface area contributed by atoms with Crippen LogP contribution < -0.4 is 14.8 Å². The van der Waals surface area contributed by atoms with Crippen molar-refractivity contribution in [3.05, 3.63) is 76.3 Å². The Hall–Kier alpha value is -2.39. The van der Waals surface area contributed by atoms with Crippen molar-refractivity contribution in [2.45, 2.75) is 9.79 Å². The van der Waals surface area contributed by atoms with Gasteiger partial charge in [-0.05, 0) is 54.8 Å². The number of sulfonamides is 1. The molecule has 2 N–H and O–H groups in total. The lowest BCUT2D eigenvalue weighted by Crippen LogP contribution is -2.16. The number of methoxy groups -OCH3 is 1. The minimum Gasteiger partial charge on any atom is -0.495 e. The van der Waals surface area contributed by atoms with E-state index in [0.717, 1.165) is 4.90 Å². The summed E-state index contributed by atoms with van der Waals surface area (Å²) in [6.07, 6.45) is 1.86. The fourth-order valence-corrected chi connectivity index (χ4v) is 4.97. The van der Waals surface area contributed by atoms with Crippen molar-refractivity contribution in [3.8, 4) is 5.75 Å². The molecule has 0 spiro atoms. The summed E-state index contributed by atoms with van der Waals surface area (Å²) < 4.78 is 33.8. The zero-order valence-electron chi connectivity index (χ0n) is 16.5. The monoisotopic (exact) mass is 496 g/mol. The summed E-state index contributed by atoms with van der Waals surface area (Å²) in [5.74, 6) is -0.239. The van der Waals surface area contributed by atoms with E-state index in [4.69, 9.17) is 27.9 Å². The van der Waals surface area contributed by atoms with Gasteiger partial charge in [0.2, 0.25) is 0 Å². The highest BCUT2D eigenvalue weighted by molar-refractivity contribution is 7.99. The minimum atomic E-state index is -3.92. The van der Waals surface area contributed by atoms with Crippen LogP contribution >= 0.6 is 35.0 Å². The topological polar surface area (TPSA) is 84.5 Å². The average molecular weight is 497 g/mol. The van der Waals surface area contributed by atoms with E-state index in [-0.39, 0.29) is 21.2 Å². The maximum Gasteiger partial charge on any atom is 0.262 e. The molecule has 0 saturated carbocycles. The molecule has 162 valence electrons. The Balaban J connectivity index is 1.93. The fraction of sp³-hybridized carbons (Fsp3) is 0.0952. The van der Waals surface area contributed by atoms with Crippen molar-refractivity contribution in [2.75, 3.05) is 23.4 Å². The molecule has 1 amide bonds. The van der Waals surface area contributed by atoms with Gasteiger partial charge in [-0.15, -0.1) is 11.8 Å². The van der Waals surface area contributed by atoms with E-state index in [0.29, 0.717) is 16.5 Å². The Kier molecular flexibility index (Phi) is 7.38. The summed E-state index contributed by atoms with van der Waals surface area (Å²) in [6, 6.07) is 15.7. The predicted molar refractivity (Wildman–Crippen MR) is 126 cm³/mol. The number of para-hydroxylation sites is 1.